The average Bonchev–Trinajstić information content (AvgIpc) is 2.91. The minimum absolute atomic E-state index is 0.209. The molecule has 0 aliphatic carbocycles. The van der Waals surface area contributed by atoms with Gasteiger partial charge in [-0.3, -0.25) is 4.79 Å². The van der Waals surface area contributed by atoms with E-state index in [0.717, 1.165) is 0 Å². The topological polar surface area (TPSA) is 80.0 Å². The van der Waals surface area contributed by atoms with E-state index in [0.29, 0.717) is 17.0 Å². The highest BCUT2D eigenvalue weighted by molar-refractivity contribution is 5.94. The van der Waals surface area contributed by atoms with Gasteiger partial charge in [0.25, 0.3) is 5.91 Å². The van der Waals surface area contributed by atoms with Gasteiger partial charge in [-0.1, -0.05) is 17.9 Å². The summed E-state index contributed by atoms with van der Waals surface area (Å²) < 4.78 is 1.76. The van der Waals surface area contributed by atoms with Crippen LogP contribution in [0.1, 0.15) is 34.7 Å². The van der Waals surface area contributed by atoms with Crippen LogP contribution in [0.4, 0.5) is 0 Å². The number of hydrogen-bond acceptors (Lipinski definition) is 4. The largest absolute Gasteiger partial charge is 0.384 e. The highest BCUT2D eigenvalue weighted by Gasteiger charge is 2.15. The summed E-state index contributed by atoms with van der Waals surface area (Å²) in [6.45, 7) is 1.64. The number of carbonyl (C=O) groups excluding carboxylic acids is 1. The maximum Gasteiger partial charge on any atom is 0.251 e. The fourth-order valence-corrected chi connectivity index (χ4v) is 1.91. The molecule has 6 heteroatoms. The summed E-state index contributed by atoms with van der Waals surface area (Å²) in [5, 5.41) is 19.3. The molecule has 21 heavy (non-hydrogen) atoms. The van der Waals surface area contributed by atoms with Gasteiger partial charge >= 0.3 is 0 Å². The molecule has 0 saturated carbocycles. The van der Waals surface area contributed by atoms with Crippen LogP contribution in [0.3, 0.4) is 0 Å². The maximum atomic E-state index is 12.2. The van der Waals surface area contributed by atoms with Crippen molar-refractivity contribution >= 4 is 5.91 Å². The first-order valence-corrected chi connectivity index (χ1v) is 6.46. The lowest BCUT2D eigenvalue weighted by Gasteiger charge is -2.13. The molecule has 2 rings (SSSR count). The van der Waals surface area contributed by atoms with E-state index in [2.05, 4.69) is 27.4 Å². The van der Waals surface area contributed by atoms with Gasteiger partial charge in [-0.05, 0) is 25.1 Å². The molecular weight excluding hydrogens is 268 g/mol. The number of aryl methyl sites for hydroxylation is 1. The smallest absolute Gasteiger partial charge is 0.251 e. The Morgan fingerprint density at radius 1 is 1.52 bits per heavy atom. The molecule has 0 saturated heterocycles. The Kier molecular flexibility index (Phi) is 4.69. The predicted molar refractivity (Wildman–Crippen MR) is 77.3 cm³/mol. The van der Waals surface area contributed by atoms with Crippen LogP contribution in [-0.4, -0.2) is 32.4 Å². The van der Waals surface area contributed by atoms with Crippen molar-refractivity contribution in [2.45, 2.75) is 13.0 Å². The summed E-state index contributed by atoms with van der Waals surface area (Å²) in [7, 11) is 1.82. The lowest BCUT2D eigenvalue weighted by atomic mass is 10.1. The molecule has 0 aliphatic rings. The van der Waals surface area contributed by atoms with E-state index in [1.54, 1.807) is 35.2 Å². The zero-order chi connectivity index (χ0) is 15.2. The molecular formula is C15H16N4O2. The molecule has 1 aromatic heterocycles. The minimum Gasteiger partial charge on any atom is -0.384 e. The van der Waals surface area contributed by atoms with E-state index in [9.17, 15) is 4.79 Å². The quantitative estimate of drug-likeness (QED) is 0.811. The van der Waals surface area contributed by atoms with Crippen LogP contribution >= 0.6 is 0 Å². The third-order valence-electron chi connectivity index (χ3n) is 2.92. The van der Waals surface area contributed by atoms with Gasteiger partial charge in [0, 0.05) is 18.2 Å². The summed E-state index contributed by atoms with van der Waals surface area (Å²) in [5.74, 6) is 5.80. The molecule has 2 aromatic rings. The van der Waals surface area contributed by atoms with Crippen molar-refractivity contribution in [1.29, 1.82) is 0 Å². The number of benzene rings is 1. The Labute approximate surface area is 122 Å². The Hall–Kier alpha value is -2.65. The first-order valence-electron chi connectivity index (χ1n) is 6.46. The first kappa shape index (κ1) is 14.8. The van der Waals surface area contributed by atoms with Crippen LogP contribution in [0.25, 0.3) is 0 Å². The second-order valence-electron chi connectivity index (χ2n) is 4.54. The number of nitrogens with zero attached hydrogens (tertiary/aromatic N) is 3. The van der Waals surface area contributed by atoms with E-state index in [-0.39, 0.29) is 18.6 Å². The number of carbonyl (C=O) groups is 1. The van der Waals surface area contributed by atoms with Crippen molar-refractivity contribution in [1.82, 2.24) is 20.1 Å². The zero-order valence-electron chi connectivity index (χ0n) is 11.9. The molecule has 1 amide bonds. The number of aromatic nitrogens is 3. The Morgan fingerprint density at radius 2 is 2.33 bits per heavy atom. The highest BCUT2D eigenvalue weighted by Crippen LogP contribution is 2.10. The van der Waals surface area contributed by atoms with Gasteiger partial charge < -0.3 is 15.0 Å². The SMILES string of the molecule is CC(NC(=O)c1cccc(C#CCO)c1)c1nncn1C. The molecule has 108 valence electrons. The summed E-state index contributed by atoms with van der Waals surface area (Å²) in [6, 6.07) is 6.68. The van der Waals surface area contributed by atoms with E-state index < -0.39 is 0 Å². The van der Waals surface area contributed by atoms with Crippen molar-refractivity contribution in [2.75, 3.05) is 6.61 Å². The van der Waals surface area contributed by atoms with Crippen molar-refractivity contribution in [3.05, 3.63) is 47.5 Å². The van der Waals surface area contributed by atoms with Crippen molar-refractivity contribution in [3.63, 3.8) is 0 Å². The Morgan fingerprint density at radius 3 is 3.00 bits per heavy atom. The second kappa shape index (κ2) is 6.68. The molecule has 0 aliphatic heterocycles. The van der Waals surface area contributed by atoms with Gasteiger partial charge in [0.05, 0.1) is 6.04 Å². The van der Waals surface area contributed by atoms with Crippen LogP contribution in [0, 0.1) is 11.8 Å². The summed E-state index contributed by atoms with van der Waals surface area (Å²) in [5.41, 5.74) is 1.19. The number of amides is 1. The van der Waals surface area contributed by atoms with Gasteiger partial charge in [-0.15, -0.1) is 10.2 Å². The molecule has 0 spiro atoms. The monoisotopic (exact) mass is 284 g/mol. The van der Waals surface area contributed by atoms with E-state index in [1.165, 1.54) is 0 Å². The summed E-state index contributed by atoms with van der Waals surface area (Å²) in [6.07, 6.45) is 1.59. The van der Waals surface area contributed by atoms with Gasteiger partial charge in [-0.25, -0.2) is 0 Å². The normalized spacial score (nSPS) is 11.4. The fourth-order valence-electron chi connectivity index (χ4n) is 1.91. The van der Waals surface area contributed by atoms with Crippen LogP contribution < -0.4 is 5.32 Å². The van der Waals surface area contributed by atoms with Gasteiger partial charge in [0.1, 0.15) is 12.9 Å². The summed E-state index contributed by atoms with van der Waals surface area (Å²) in [4.78, 5) is 12.2. The van der Waals surface area contributed by atoms with E-state index in [4.69, 9.17) is 5.11 Å². The molecule has 1 unspecified atom stereocenters. The third-order valence-corrected chi connectivity index (χ3v) is 2.92. The standard InChI is InChI=1S/C15H16N4O2/c1-11(14-18-16-10-19(14)2)17-15(21)13-7-3-5-12(9-13)6-4-8-20/h3,5,7,9-11,20H,8H2,1-2H3,(H,17,21). The molecule has 1 aromatic carbocycles. The van der Waals surface area contributed by atoms with Crippen molar-refractivity contribution < 1.29 is 9.90 Å². The lowest BCUT2D eigenvalue weighted by molar-refractivity contribution is 0.0937. The number of hydrogen-bond donors (Lipinski definition) is 2. The average molecular weight is 284 g/mol. The van der Waals surface area contributed by atoms with Crippen LogP contribution in [0.5, 0.6) is 0 Å². The molecule has 1 heterocycles. The van der Waals surface area contributed by atoms with Crippen LogP contribution in [0.15, 0.2) is 30.6 Å². The number of aliphatic hydroxyl groups excluding tert-OH is 1. The van der Waals surface area contributed by atoms with Gasteiger partial charge in [0.15, 0.2) is 5.82 Å². The van der Waals surface area contributed by atoms with Crippen molar-refractivity contribution in [2.24, 2.45) is 7.05 Å². The summed E-state index contributed by atoms with van der Waals surface area (Å²) >= 11 is 0. The van der Waals surface area contributed by atoms with Crippen molar-refractivity contribution in [3.8, 4) is 11.8 Å². The van der Waals surface area contributed by atoms with E-state index in [1.807, 2.05) is 14.0 Å². The first-order chi connectivity index (χ1) is 10.1. The molecule has 1 atom stereocenters. The Balaban J connectivity index is 2.12. The van der Waals surface area contributed by atoms with Gasteiger partial charge in [-0.2, -0.15) is 0 Å². The predicted octanol–water partition coefficient (Wildman–Crippen LogP) is 0.650. The number of aliphatic hydroxyl groups is 1. The zero-order valence-corrected chi connectivity index (χ0v) is 11.9. The number of nitrogens with one attached hydrogen (secondary N) is 1. The van der Waals surface area contributed by atoms with Crippen LogP contribution in [0.2, 0.25) is 0 Å². The molecule has 0 bridgehead atoms. The number of rotatable bonds is 3. The highest BCUT2D eigenvalue weighted by atomic mass is 16.2. The maximum absolute atomic E-state index is 12.2. The van der Waals surface area contributed by atoms with Crippen LogP contribution in [-0.2, 0) is 7.05 Å². The fraction of sp³-hybridized carbons (Fsp3) is 0.267. The third kappa shape index (κ3) is 3.68. The van der Waals surface area contributed by atoms with E-state index >= 15 is 0 Å². The molecule has 0 fully saturated rings. The minimum atomic E-state index is -0.253. The Bertz CT molecular complexity index is 697. The lowest BCUT2D eigenvalue weighted by Crippen LogP contribution is -2.28. The molecule has 0 radical (unpaired) electrons. The second-order valence-corrected chi connectivity index (χ2v) is 4.54. The van der Waals surface area contributed by atoms with Gasteiger partial charge in [0.2, 0.25) is 0 Å². The molecule has 6 nitrogen and oxygen atoms in total. The molecule has 2 N–H and O–H groups in total.